The Morgan fingerprint density at radius 2 is 0.690 bits per heavy atom. The smallest absolute Gasteiger partial charge is 0.370 e. The number of benzene rings is 2. The molecule has 0 spiro atoms. The molecule has 0 N–H and O–H groups in total. The molecule has 0 saturated carbocycles. The third-order valence-electron chi connectivity index (χ3n) is 6.50. The monoisotopic (exact) mass is 616 g/mol. The van der Waals surface area contributed by atoms with Crippen molar-refractivity contribution in [3.05, 3.63) is 71.8 Å². The molecule has 0 bridgehead atoms. The Morgan fingerprint density at radius 1 is 0.452 bits per heavy atom. The Balaban J connectivity index is 2.14. The van der Waals surface area contributed by atoms with Crippen molar-refractivity contribution < 1.29 is 26.6 Å². The van der Waals surface area contributed by atoms with Gasteiger partial charge in [0.15, 0.2) is 0 Å². The van der Waals surface area contributed by atoms with Gasteiger partial charge in [-0.2, -0.15) is 0 Å². The van der Waals surface area contributed by atoms with Gasteiger partial charge in [0.2, 0.25) is 0 Å². The van der Waals surface area contributed by atoms with Crippen molar-refractivity contribution in [2.45, 2.75) is 92.9 Å². The SMILES string of the molecule is C=C(Cc1ccc([Si](OCCC)(OCCC)OCCC)cc1)Cc1ccc([Si](OCCC)(OCCC)OCCC)cc1. The third kappa shape index (κ3) is 11.5. The van der Waals surface area contributed by atoms with Crippen LogP contribution in [0.5, 0.6) is 0 Å². The molecule has 0 aliphatic heterocycles. The predicted molar refractivity (Wildman–Crippen MR) is 178 cm³/mol. The normalized spacial score (nSPS) is 12.1. The molecule has 42 heavy (non-hydrogen) atoms. The van der Waals surface area contributed by atoms with Gasteiger partial charge in [-0.05, 0) is 62.5 Å². The lowest BCUT2D eigenvalue weighted by molar-refractivity contribution is 0.0726. The van der Waals surface area contributed by atoms with E-state index in [-0.39, 0.29) is 0 Å². The van der Waals surface area contributed by atoms with Crippen LogP contribution >= 0.6 is 0 Å². The van der Waals surface area contributed by atoms with Gasteiger partial charge < -0.3 is 26.6 Å². The average molecular weight is 617 g/mol. The highest BCUT2D eigenvalue weighted by Crippen LogP contribution is 2.18. The van der Waals surface area contributed by atoms with Gasteiger partial charge in [-0.3, -0.25) is 0 Å². The lowest BCUT2D eigenvalue weighted by atomic mass is 10.00. The van der Waals surface area contributed by atoms with Crippen LogP contribution in [0.15, 0.2) is 60.7 Å². The Kier molecular flexibility index (Phi) is 17.7. The Morgan fingerprint density at radius 3 is 0.905 bits per heavy atom. The Hall–Kier alpha value is -1.63. The van der Waals surface area contributed by atoms with Gasteiger partial charge >= 0.3 is 17.6 Å². The van der Waals surface area contributed by atoms with E-state index in [2.05, 4.69) is 96.7 Å². The highest BCUT2D eigenvalue weighted by atomic mass is 28.4. The van der Waals surface area contributed by atoms with Gasteiger partial charge in [-0.15, -0.1) is 0 Å². The molecule has 0 unspecified atom stereocenters. The average Bonchev–Trinajstić information content (AvgIpc) is 3.01. The second kappa shape index (κ2) is 20.4. The first kappa shape index (κ1) is 36.6. The lowest BCUT2D eigenvalue weighted by Crippen LogP contribution is -2.57. The second-order valence-corrected chi connectivity index (χ2v) is 15.8. The minimum Gasteiger partial charge on any atom is -0.370 e. The minimum atomic E-state index is -2.96. The van der Waals surface area contributed by atoms with E-state index in [1.165, 1.54) is 11.1 Å². The van der Waals surface area contributed by atoms with Crippen LogP contribution in [0.4, 0.5) is 0 Å². The van der Waals surface area contributed by atoms with Crippen LogP contribution in [0, 0.1) is 0 Å². The van der Waals surface area contributed by atoms with Gasteiger partial charge in [-0.1, -0.05) is 102 Å². The summed E-state index contributed by atoms with van der Waals surface area (Å²) in [6.45, 7) is 20.8. The van der Waals surface area contributed by atoms with Crippen molar-refractivity contribution in [2.24, 2.45) is 0 Å². The Bertz CT molecular complexity index is 873. The zero-order chi connectivity index (χ0) is 30.7. The van der Waals surface area contributed by atoms with Crippen LogP contribution in [-0.2, 0) is 39.4 Å². The molecule has 2 aromatic rings. The molecule has 6 nitrogen and oxygen atoms in total. The maximum absolute atomic E-state index is 6.32. The molecule has 0 aromatic heterocycles. The van der Waals surface area contributed by atoms with Crippen molar-refractivity contribution in [3.63, 3.8) is 0 Å². The van der Waals surface area contributed by atoms with Crippen LogP contribution in [-0.4, -0.2) is 57.3 Å². The number of hydrogen-bond donors (Lipinski definition) is 0. The first-order valence-electron chi connectivity index (χ1n) is 16.1. The molecular formula is C34H56O6Si2. The van der Waals surface area contributed by atoms with Gasteiger partial charge in [-0.25, -0.2) is 0 Å². The van der Waals surface area contributed by atoms with E-state index >= 15 is 0 Å². The highest BCUT2D eigenvalue weighted by Gasteiger charge is 2.44. The van der Waals surface area contributed by atoms with Gasteiger partial charge in [0.1, 0.15) is 0 Å². The largest absolute Gasteiger partial charge is 0.537 e. The number of allylic oxidation sites excluding steroid dienone is 1. The standard InChI is InChI=1S/C34H56O6Si2/c1-8-22-35-41(36-23-9-2,37-24-10-3)33-18-14-31(15-19-33)28-30(7)29-32-16-20-34(21-17-32)42(38-25-11-4,39-26-12-5)40-27-13-6/h14-21H,7-13,22-29H2,1-6H3. The van der Waals surface area contributed by atoms with Gasteiger partial charge in [0, 0.05) is 50.0 Å². The van der Waals surface area contributed by atoms with Gasteiger partial charge in [0.25, 0.3) is 0 Å². The van der Waals surface area contributed by atoms with E-state index in [0.717, 1.165) is 67.3 Å². The zero-order valence-electron chi connectivity index (χ0n) is 27.2. The van der Waals surface area contributed by atoms with Crippen molar-refractivity contribution in [3.8, 4) is 0 Å². The first-order chi connectivity index (χ1) is 20.4. The van der Waals surface area contributed by atoms with Gasteiger partial charge in [0.05, 0.1) is 0 Å². The van der Waals surface area contributed by atoms with E-state index in [0.29, 0.717) is 39.6 Å². The summed E-state index contributed by atoms with van der Waals surface area (Å²) in [6.07, 6.45) is 7.13. The summed E-state index contributed by atoms with van der Waals surface area (Å²) in [5.74, 6) is 0. The second-order valence-electron chi connectivity index (χ2n) is 10.7. The molecule has 8 heteroatoms. The van der Waals surface area contributed by atoms with Crippen LogP contribution < -0.4 is 10.4 Å². The zero-order valence-corrected chi connectivity index (χ0v) is 29.2. The van der Waals surface area contributed by atoms with E-state index in [1.54, 1.807) is 0 Å². The van der Waals surface area contributed by atoms with E-state index in [1.807, 2.05) is 0 Å². The van der Waals surface area contributed by atoms with Crippen molar-refractivity contribution in [2.75, 3.05) is 39.6 Å². The predicted octanol–water partition coefficient (Wildman–Crippen LogP) is 6.88. The summed E-state index contributed by atoms with van der Waals surface area (Å²) < 4.78 is 37.9. The molecule has 0 saturated heterocycles. The van der Waals surface area contributed by atoms with Crippen molar-refractivity contribution in [1.29, 1.82) is 0 Å². The van der Waals surface area contributed by atoms with Crippen molar-refractivity contribution >= 4 is 28.0 Å². The number of rotatable bonds is 24. The molecule has 2 rings (SSSR count). The number of hydrogen-bond acceptors (Lipinski definition) is 6. The van der Waals surface area contributed by atoms with Crippen molar-refractivity contribution in [1.82, 2.24) is 0 Å². The van der Waals surface area contributed by atoms with E-state index in [9.17, 15) is 0 Å². The Labute approximate surface area is 258 Å². The summed E-state index contributed by atoms with van der Waals surface area (Å²) in [5, 5.41) is 2.05. The molecule has 0 heterocycles. The fourth-order valence-electron chi connectivity index (χ4n) is 4.46. The molecule has 2 aromatic carbocycles. The highest BCUT2D eigenvalue weighted by molar-refractivity contribution is 6.75. The summed E-state index contributed by atoms with van der Waals surface area (Å²) in [4.78, 5) is 0. The summed E-state index contributed by atoms with van der Waals surface area (Å²) in [7, 11) is -5.91. The fraction of sp³-hybridized carbons (Fsp3) is 0.588. The van der Waals surface area contributed by atoms with E-state index in [4.69, 9.17) is 26.6 Å². The summed E-state index contributed by atoms with van der Waals surface area (Å²) >= 11 is 0. The van der Waals surface area contributed by atoms with Crippen LogP contribution in [0.1, 0.15) is 91.2 Å². The molecule has 0 atom stereocenters. The minimum absolute atomic E-state index is 0.626. The summed E-state index contributed by atoms with van der Waals surface area (Å²) in [6, 6.07) is 17.1. The topological polar surface area (TPSA) is 55.4 Å². The third-order valence-corrected chi connectivity index (χ3v) is 12.1. The maximum atomic E-state index is 6.32. The lowest BCUT2D eigenvalue weighted by Gasteiger charge is -2.30. The first-order valence-corrected chi connectivity index (χ1v) is 19.6. The van der Waals surface area contributed by atoms with E-state index < -0.39 is 17.6 Å². The van der Waals surface area contributed by atoms with Crippen LogP contribution in [0.2, 0.25) is 0 Å². The fourth-order valence-corrected chi connectivity index (χ4v) is 9.95. The quantitative estimate of drug-likeness (QED) is 0.0947. The molecule has 0 amide bonds. The molecule has 236 valence electrons. The molecular weight excluding hydrogens is 561 g/mol. The maximum Gasteiger partial charge on any atom is 0.537 e. The van der Waals surface area contributed by atoms with Crippen LogP contribution in [0.3, 0.4) is 0 Å². The van der Waals surface area contributed by atoms with Crippen LogP contribution in [0.25, 0.3) is 0 Å². The molecule has 0 fully saturated rings. The molecule has 0 aliphatic rings. The molecule has 0 aliphatic carbocycles. The summed E-state index contributed by atoms with van der Waals surface area (Å²) in [5.41, 5.74) is 3.58. The molecule has 0 radical (unpaired) electrons.